The van der Waals surface area contributed by atoms with Crippen molar-refractivity contribution in [3.8, 4) is 6.07 Å². The molecule has 1 amide bonds. The Hall–Kier alpha value is -1.90. The Morgan fingerprint density at radius 3 is 2.36 bits per heavy atom. The van der Waals surface area contributed by atoms with Crippen molar-refractivity contribution in [2.45, 2.75) is 25.4 Å². The Kier molecular flexibility index (Phi) is 4.71. The molecule has 3 rings (SSSR count). The maximum absolute atomic E-state index is 11.8. The van der Waals surface area contributed by atoms with Gasteiger partial charge in [-0.1, -0.05) is 12.1 Å². The Morgan fingerprint density at radius 1 is 1.14 bits per heavy atom. The minimum atomic E-state index is 0.169. The van der Waals surface area contributed by atoms with Crippen molar-refractivity contribution in [1.29, 1.82) is 5.26 Å². The van der Waals surface area contributed by atoms with E-state index in [2.05, 4.69) is 21.2 Å². The van der Waals surface area contributed by atoms with Crippen molar-refractivity contribution in [2.24, 2.45) is 0 Å². The number of benzene rings is 1. The summed E-state index contributed by atoms with van der Waals surface area (Å²) in [6, 6.07) is 10.4. The summed E-state index contributed by atoms with van der Waals surface area (Å²) in [6.45, 7) is 5.28. The zero-order chi connectivity index (χ0) is 15.4. The van der Waals surface area contributed by atoms with Crippen LogP contribution in [0.1, 0.15) is 24.0 Å². The number of nitriles is 1. The molecule has 2 aliphatic rings. The fourth-order valence-electron chi connectivity index (χ4n) is 2.75. The number of hydrogen-bond donors (Lipinski definition) is 1. The lowest BCUT2D eigenvalue weighted by atomic mass is 10.1. The molecular formula is C17H22N4O. The van der Waals surface area contributed by atoms with Crippen LogP contribution in [0.3, 0.4) is 0 Å². The molecule has 116 valence electrons. The van der Waals surface area contributed by atoms with Crippen LogP contribution in [0, 0.1) is 11.3 Å². The molecule has 1 aliphatic carbocycles. The van der Waals surface area contributed by atoms with Gasteiger partial charge in [-0.2, -0.15) is 5.26 Å². The van der Waals surface area contributed by atoms with Gasteiger partial charge in [-0.25, -0.2) is 0 Å². The van der Waals surface area contributed by atoms with E-state index in [9.17, 15) is 4.79 Å². The summed E-state index contributed by atoms with van der Waals surface area (Å²) >= 11 is 0. The normalized spacial score (nSPS) is 19.6. The highest BCUT2D eigenvalue weighted by atomic mass is 16.2. The van der Waals surface area contributed by atoms with Gasteiger partial charge in [0.15, 0.2) is 0 Å². The number of amides is 1. The van der Waals surface area contributed by atoms with Crippen LogP contribution in [0.4, 0.5) is 0 Å². The van der Waals surface area contributed by atoms with Crippen LogP contribution in [0.25, 0.3) is 0 Å². The largest absolute Gasteiger partial charge is 0.352 e. The summed E-state index contributed by atoms with van der Waals surface area (Å²) in [7, 11) is 0. The molecule has 5 heteroatoms. The Balaban J connectivity index is 1.40. The lowest BCUT2D eigenvalue weighted by Gasteiger charge is -2.34. The molecule has 5 nitrogen and oxygen atoms in total. The minimum absolute atomic E-state index is 0.169. The van der Waals surface area contributed by atoms with Crippen molar-refractivity contribution in [3.63, 3.8) is 0 Å². The molecule has 0 spiro atoms. The maximum atomic E-state index is 11.8. The summed E-state index contributed by atoms with van der Waals surface area (Å²) in [5.41, 5.74) is 1.94. The van der Waals surface area contributed by atoms with Gasteiger partial charge in [0, 0.05) is 38.8 Å². The summed E-state index contributed by atoms with van der Waals surface area (Å²) < 4.78 is 0. The molecule has 1 saturated carbocycles. The summed E-state index contributed by atoms with van der Waals surface area (Å²) in [5, 5.41) is 11.9. The molecule has 0 unspecified atom stereocenters. The van der Waals surface area contributed by atoms with Crippen LogP contribution in [0.2, 0.25) is 0 Å². The number of nitrogens with one attached hydrogen (secondary N) is 1. The number of carbonyl (C=O) groups excluding carboxylic acids is 1. The highest BCUT2D eigenvalue weighted by molar-refractivity contribution is 5.78. The molecule has 22 heavy (non-hydrogen) atoms. The van der Waals surface area contributed by atoms with Gasteiger partial charge >= 0.3 is 0 Å². The van der Waals surface area contributed by atoms with E-state index >= 15 is 0 Å². The third-order valence-electron chi connectivity index (χ3n) is 4.26. The van der Waals surface area contributed by atoms with Crippen LogP contribution < -0.4 is 5.32 Å². The number of carbonyl (C=O) groups is 1. The number of rotatable bonds is 5. The lowest BCUT2D eigenvalue weighted by molar-refractivity contribution is -0.122. The van der Waals surface area contributed by atoms with Gasteiger partial charge < -0.3 is 5.32 Å². The second-order valence-corrected chi connectivity index (χ2v) is 6.20. The fourth-order valence-corrected chi connectivity index (χ4v) is 2.75. The molecule has 0 radical (unpaired) electrons. The topological polar surface area (TPSA) is 59.4 Å². The lowest BCUT2D eigenvalue weighted by Crippen LogP contribution is -2.49. The molecule has 1 saturated heterocycles. The number of piperazine rings is 1. The van der Waals surface area contributed by atoms with Crippen LogP contribution in [-0.4, -0.2) is 54.5 Å². The molecule has 1 N–H and O–H groups in total. The van der Waals surface area contributed by atoms with Gasteiger partial charge in [0.05, 0.1) is 18.2 Å². The molecule has 0 aromatic heterocycles. The van der Waals surface area contributed by atoms with E-state index in [0.717, 1.165) is 45.6 Å². The van der Waals surface area contributed by atoms with E-state index in [1.165, 1.54) is 5.56 Å². The minimum Gasteiger partial charge on any atom is -0.352 e. The molecule has 1 aromatic rings. The van der Waals surface area contributed by atoms with Crippen molar-refractivity contribution in [3.05, 3.63) is 35.4 Å². The highest BCUT2D eigenvalue weighted by Gasteiger charge is 2.25. The van der Waals surface area contributed by atoms with Gasteiger partial charge in [-0.05, 0) is 30.5 Å². The van der Waals surface area contributed by atoms with Crippen molar-refractivity contribution >= 4 is 5.91 Å². The van der Waals surface area contributed by atoms with Gasteiger partial charge in [0.2, 0.25) is 5.91 Å². The molecule has 0 bridgehead atoms. The summed E-state index contributed by atoms with van der Waals surface area (Å²) in [5.74, 6) is 0.169. The summed E-state index contributed by atoms with van der Waals surface area (Å²) in [6.07, 6.45) is 2.29. The Bertz CT molecular complexity index is 551. The highest BCUT2D eigenvalue weighted by Crippen LogP contribution is 2.18. The second-order valence-electron chi connectivity index (χ2n) is 6.20. The molecule has 1 aromatic carbocycles. The maximum Gasteiger partial charge on any atom is 0.234 e. The molecule has 1 aliphatic heterocycles. The van der Waals surface area contributed by atoms with Crippen molar-refractivity contribution in [2.75, 3.05) is 32.7 Å². The van der Waals surface area contributed by atoms with Gasteiger partial charge in [-0.15, -0.1) is 0 Å². The molecule has 0 atom stereocenters. The van der Waals surface area contributed by atoms with Gasteiger partial charge in [0.25, 0.3) is 0 Å². The smallest absolute Gasteiger partial charge is 0.234 e. The van der Waals surface area contributed by atoms with Crippen LogP contribution in [0.5, 0.6) is 0 Å². The second kappa shape index (κ2) is 6.91. The van der Waals surface area contributed by atoms with E-state index in [1.54, 1.807) is 0 Å². The van der Waals surface area contributed by atoms with Gasteiger partial charge in [-0.3, -0.25) is 14.6 Å². The van der Waals surface area contributed by atoms with Crippen molar-refractivity contribution < 1.29 is 4.79 Å². The van der Waals surface area contributed by atoms with Crippen LogP contribution >= 0.6 is 0 Å². The fraction of sp³-hybridized carbons (Fsp3) is 0.529. The molecular weight excluding hydrogens is 276 g/mol. The Labute approximate surface area is 131 Å². The first-order chi connectivity index (χ1) is 10.7. The van der Waals surface area contributed by atoms with E-state index in [-0.39, 0.29) is 5.91 Å². The first kappa shape index (κ1) is 15.0. The van der Waals surface area contributed by atoms with Gasteiger partial charge in [0.1, 0.15) is 0 Å². The van der Waals surface area contributed by atoms with E-state index in [0.29, 0.717) is 18.2 Å². The predicted molar refractivity (Wildman–Crippen MR) is 84.0 cm³/mol. The quantitative estimate of drug-likeness (QED) is 0.879. The monoisotopic (exact) mass is 298 g/mol. The van der Waals surface area contributed by atoms with Crippen LogP contribution in [-0.2, 0) is 11.3 Å². The predicted octanol–water partition coefficient (Wildman–Crippen LogP) is 0.954. The first-order valence-corrected chi connectivity index (χ1v) is 7.96. The number of nitrogens with zero attached hydrogens (tertiary/aromatic N) is 3. The van der Waals surface area contributed by atoms with E-state index in [4.69, 9.17) is 5.26 Å². The average molecular weight is 298 g/mol. The van der Waals surface area contributed by atoms with E-state index in [1.807, 2.05) is 24.3 Å². The van der Waals surface area contributed by atoms with Crippen LogP contribution in [0.15, 0.2) is 24.3 Å². The first-order valence-electron chi connectivity index (χ1n) is 7.96. The summed E-state index contributed by atoms with van der Waals surface area (Å²) in [4.78, 5) is 16.4. The zero-order valence-electron chi connectivity index (χ0n) is 12.8. The van der Waals surface area contributed by atoms with E-state index < -0.39 is 0 Å². The zero-order valence-corrected chi connectivity index (χ0v) is 12.8. The Morgan fingerprint density at radius 2 is 1.77 bits per heavy atom. The number of hydrogen-bond acceptors (Lipinski definition) is 4. The molecule has 1 heterocycles. The SMILES string of the molecule is N#Cc1ccc(CN2CCN(CC(=O)NC3CC3)CC2)cc1. The van der Waals surface area contributed by atoms with Crippen molar-refractivity contribution in [1.82, 2.24) is 15.1 Å². The third kappa shape index (κ3) is 4.30. The average Bonchev–Trinajstić information content (AvgIpc) is 3.34. The standard InChI is InChI=1S/C17H22N4O/c18-11-14-1-3-15(4-2-14)12-20-7-9-21(10-8-20)13-17(22)19-16-5-6-16/h1-4,16H,5-10,12-13H2,(H,19,22). The molecule has 2 fully saturated rings. The third-order valence-corrected chi connectivity index (χ3v) is 4.26.